The fraction of sp³-hybridized carbons (Fsp3) is 0. The summed E-state index contributed by atoms with van der Waals surface area (Å²) in [5.41, 5.74) is 7.00. The molecule has 0 aliphatic rings. The van der Waals surface area contributed by atoms with Crippen molar-refractivity contribution in [2.45, 2.75) is 0 Å². The predicted molar refractivity (Wildman–Crippen MR) is 89.0 cm³/mol. The van der Waals surface area contributed by atoms with Crippen LogP contribution in [-0.2, 0) is 0 Å². The quantitative estimate of drug-likeness (QED) is 0.595. The molecule has 2 heterocycles. The van der Waals surface area contributed by atoms with Gasteiger partial charge < -0.3 is 15.7 Å². The van der Waals surface area contributed by atoms with Gasteiger partial charge in [0.05, 0.1) is 11.3 Å². The molecule has 110 valence electrons. The summed E-state index contributed by atoms with van der Waals surface area (Å²) in [6.07, 6.45) is 0. The van der Waals surface area contributed by atoms with Crippen LogP contribution in [0, 0.1) is 27.3 Å². The second-order valence-corrected chi connectivity index (χ2v) is 5.19. The van der Waals surface area contributed by atoms with Gasteiger partial charge in [0.1, 0.15) is 28.0 Å². The van der Waals surface area contributed by atoms with Gasteiger partial charge in [0.2, 0.25) is 0 Å². The normalized spacial score (nSPS) is 10.2. The smallest absolute Gasteiger partial charge is 0.269 e. The third kappa shape index (κ3) is 2.16. The highest BCUT2D eigenvalue weighted by Gasteiger charge is 2.18. The van der Waals surface area contributed by atoms with Crippen LogP contribution >= 0.6 is 12.2 Å². The van der Waals surface area contributed by atoms with Crippen LogP contribution in [0.5, 0.6) is 0 Å². The Balaban J connectivity index is 2.65. The Morgan fingerprint density at radius 3 is 2.30 bits per heavy atom. The van der Waals surface area contributed by atoms with Crippen LogP contribution in [-0.4, -0.2) is 9.97 Å². The number of nitrogens with zero attached hydrogens (tertiary/aromatic N) is 2. The second kappa shape index (κ2) is 5.41. The van der Waals surface area contributed by atoms with Crippen LogP contribution in [0.2, 0.25) is 0 Å². The standard InChI is InChI=1S/C16H9N5OS/c17-6-9-11(8-4-2-1-3-5-8)12-13(19)10(7-18)15(22)20-14(12)21-16(9)23/h1-5H,(H4,19,20,21,22,23). The third-order valence-corrected chi connectivity index (χ3v) is 3.81. The predicted octanol–water partition coefficient (Wildman–Crippen LogP) is 2.58. The highest BCUT2D eigenvalue weighted by atomic mass is 32.1. The molecular weight excluding hydrogens is 310 g/mol. The Labute approximate surface area is 135 Å². The van der Waals surface area contributed by atoms with Crippen LogP contribution in [0.15, 0.2) is 35.1 Å². The molecule has 0 unspecified atom stereocenters. The van der Waals surface area contributed by atoms with Crippen molar-refractivity contribution in [1.29, 1.82) is 10.5 Å². The molecule has 0 radical (unpaired) electrons. The number of aromatic amines is 2. The van der Waals surface area contributed by atoms with Crippen LogP contribution in [0.4, 0.5) is 5.69 Å². The van der Waals surface area contributed by atoms with Crippen molar-refractivity contribution < 1.29 is 0 Å². The van der Waals surface area contributed by atoms with E-state index < -0.39 is 5.56 Å². The SMILES string of the molecule is N#Cc1c(N)c2c(-c3ccccc3)c(C#N)c(=S)[nH]c2[nH]c1=O. The Hall–Kier alpha value is -3.42. The number of fused-ring (bicyclic) bond motifs is 1. The summed E-state index contributed by atoms with van der Waals surface area (Å²) >= 11 is 5.21. The second-order valence-electron chi connectivity index (χ2n) is 4.79. The van der Waals surface area contributed by atoms with Gasteiger partial charge in [-0.2, -0.15) is 10.5 Å². The van der Waals surface area contributed by atoms with Gasteiger partial charge in [-0.25, -0.2) is 0 Å². The van der Waals surface area contributed by atoms with Crippen molar-refractivity contribution in [3.8, 4) is 23.3 Å². The highest BCUT2D eigenvalue weighted by Crippen LogP contribution is 2.34. The zero-order valence-electron chi connectivity index (χ0n) is 11.7. The number of nitrogen functional groups attached to an aromatic ring is 1. The van der Waals surface area contributed by atoms with E-state index >= 15 is 0 Å². The zero-order valence-corrected chi connectivity index (χ0v) is 12.5. The molecule has 3 rings (SSSR count). The van der Waals surface area contributed by atoms with Gasteiger partial charge in [0.25, 0.3) is 5.56 Å². The average molecular weight is 319 g/mol. The van der Waals surface area contributed by atoms with Gasteiger partial charge in [-0.05, 0) is 5.56 Å². The van der Waals surface area contributed by atoms with Gasteiger partial charge in [0.15, 0.2) is 0 Å². The number of nitrogens with two attached hydrogens (primary N) is 1. The van der Waals surface area contributed by atoms with Crippen LogP contribution in [0.1, 0.15) is 11.1 Å². The number of aromatic nitrogens is 2. The maximum atomic E-state index is 11.9. The first-order valence-electron chi connectivity index (χ1n) is 6.55. The minimum absolute atomic E-state index is 0.0212. The lowest BCUT2D eigenvalue weighted by Crippen LogP contribution is -2.15. The van der Waals surface area contributed by atoms with Gasteiger partial charge in [-0.1, -0.05) is 42.5 Å². The monoisotopic (exact) mass is 319 g/mol. The number of rotatable bonds is 1. The first kappa shape index (κ1) is 14.5. The van der Waals surface area contributed by atoms with Crippen LogP contribution < -0.4 is 11.3 Å². The summed E-state index contributed by atoms with van der Waals surface area (Å²) in [5.74, 6) is 0. The van der Waals surface area contributed by atoms with E-state index in [2.05, 4.69) is 16.0 Å². The Kier molecular flexibility index (Phi) is 3.41. The molecular formula is C16H9N5OS. The van der Waals surface area contributed by atoms with Gasteiger partial charge in [0, 0.05) is 10.9 Å². The number of hydrogen-bond donors (Lipinski definition) is 3. The molecule has 4 N–H and O–H groups in total. The molecule has 0 spiro atoms. The molecule has 0 saturated carbocycles. The fourth-order valence-electron chi connectivity index (χ4n) is 2.50. The van der Waals surface area contributed by atoms with E-state index in [0.29, 0.717) is 10.9 Å². The number of H-pyrrole nitrogens is 2. The van der Waals surface area contributed by atoms with E-state index in [0.717, 1.165) is 5.56 Å². The summed E-state index contributed by atoms with van der Waals surface area (Å²) < 4.78 is 0.193. The van der Waals surface area contributed by atoms with Crippen molar-refractivity contribution in [2.75, 3.05) is 5.73 Å². The van der Waals surface area contributed by atoms with Crippen LogP contribution in [0.3, 0.4) is 0 Å². The maximum Gasteiger partial charge on any atom is 0.269 e. The van der Waals surface area contributed by atoms with Gasteiger partial charge in [-0.3, -0.25) is 4.79 Å². The van der Waals surface area contributed by atoms with E-state index in [4.69, 9.17) is 23.2 Å². The summed E-state index contributed by atoms with van der Waals surface area (Å²) in [6.45, 7) is 0. The number of pyridine rings is 2. The van der Waals surface area contributed by atoms with Gasteiger partial charge in [-0.15, -0.1) is 0 Å². The molecule has 1 aromatic carbocycles. The van der Waals surface area contributed by atoms with E-state index in [1.807, 2.05) is 18.2 Å². The number of nitrogens with one attached hydrogen (secondary N) is 2. The first-order chi connectivity index (χ1) is 11.1. The van der Waals surface area contributed by atoms with Crippen molar-refractivity contribution in [1.82, 2.24) is 9.97 Å². The highest BCUT2D eigenvalue weighted by molar-refractivity contribution is 7.71. The number of hydrogen-bond acceptors (Lipinski definition) is 5. The van der Waals surface area contributed by atoms with Crippen molar-refractivity contribution >= 4 is 28.9 Å². The van der Waals surface area contributed by atoms with Crippen LogP contribution in [0.25, 0.3) is 22.2 Å². The molecule has 6 nitrogen and oxygen atoms in total. The average Bonchev–Trinajstić information content (AvgIpc) is 2.54. The molecule has 3 aromatic rings. The number of nitriles is 2. The molecule has 0 bridgehead atoms. The van der Waals surface area contributed by atoms with E-state index in [1.165, 1.54) is 0 Å². The largest absolute Gasteiger partial charge is 0.397 e. The number of anilines is 1. The van der Waals surface area contributed by atoms with Crippen molar-refractivity contribution in [3.63, 3.8) is 0 Å². The van der Waals surface area contributed by atoms with E-state index in [-0.39, 0.29) is 27.1 Å². The molecule has 0 amide bonds. The minimum atomic E-state index is -0.605. The molecule has 7 heteroatoms. The fourth-order valence-corrected chi connectivity index (χ4v) is 2.75. The molecule has 0 fully saturated rings. The van der Waals surface area contributed by atoms with Crippen molar-refractivity contribution in [2.24, 2.45) is 0 Å². The first-order valence-corrected chi connectivity index (χ1v) is 6.96. The minimum Gasteiger partial charge on any atom is -0.397 e. The number of benzene rings is 1. The summed E-state index contributed by atoms with van der Waals surface area (Å²) in [5, 5.41) is 19.0. The lowest BCUT2D eigenvalue weighted by molar-refractivity contribution is 1.20. The summed E-state index contributed by atoms with van der Waals surface area (Å²) in [6, 6.07) is 12.9. The molecule has 0 aliphatic carbocycles. The summed E-state index contributed by atoms with van der Waals surface area (Å²) in [4.78, 5) is 17.3. The Morgan fingerprint density at radius 1 is 1.04 bits per heavy atom. The van der Waals surface area contributed by atoms with E-state index in [9.17, 15) is 10.1 Å². The Bertz CT molecular complexity index is 1120. The topological polar surface area (TPSA) is 122 Å². The lowest BCUT2D eigenvalue weighted by atomic mass is 9.96. The lowest BCUT2D eigenvalue weighted by Gasteiger charge is -2.12. The third-order valence-electron chi connectivity index (χ3n) is 3.51. The molecule has 0 aliphatic heterocycles. The molecule has 0 saturated heterocycles. The van der Waals surface area contributed by atoms with Crippen molar-refractivity contribution in [3.05, 3.63) is 56.5 Å². The van der Waals surface area contributed by atoms with Gasteiger partial charge >= 0.3 is 0 Å². The van der Waals surface area contributed by atoms with E-state index in [1.54, 1.807) is 18.2 Å². The molecule has 23 heavy (non-hydrogen) atoms. The maximum absolute atomic E-state index is 11.9. The molecule has 2 aromatic heterocycles. The molecule has 0 atom stereocenters. The Morgan fingerprint density at radius 2 is 1.70 bits per heavy atom. The summed E-state index contributed by atoms with van der Waals surface area (Å²) in [7, 11) is 0. The zero-order chi connectivity index (χ0) is 16.6.